The van der Waals surface area contributed by atoms with Crippen molar-refractivity contribution in [2.75, 3.05) is 62.2 Å². The van der Waals surface area contributed by atoms with Crippen LogP contribution in [-0.2, 0) is 4.57 Å². The van der Waals surface area contributed by atoms with Gasteiger partial charge in [-0.1, -0.05) is 12.1 Å². The molecule has 3 heterocycles. The van der Waals surface area contributed by atoms with Crippen LogP contribution in [0, 0.1) is 0 Å². The lowest BCUT2D eigenvalue weighted by Gasteiger charge is -2.38. The smallest absolute Gasteiger partial charge is 0.231 e. The van der Waals surface area contributed by atoms with Gasteiger partial charge >= 0.3 is 0 Å². The van der Waals surface area contributed by atoms with Gasteiger partial charge in [0.25, 0.3) is 0 Å². The van der Waals surface area contributed by atoms with Crippen molar-refractivity contribution in [3.05, 3.63) is 54.7 Å². The third-order valence-electron chi connectivity index (χ3n) is 6.99. The number of ether oxygens (including phenoxy) is 1. The molecule has 38 heavy (non-hydrogen) atoms. The van der Waals surface area contributed by atoms with Gasteiger partial charge in [-0.05, 0) is 57.5 Å². The largest absolute Gasteiger partial charge is 0.494 e. The number of nitrogens with zero attached hydrogens (tertiary/aromatic N) is 4. The Kier molecular flexibility index (Phi) is 7.32. The van der Waals surface area contributed by atoms with Crippen LogP contribution >= 0.6 is 7.14 Å². The number of para-hydroxylation sites is 1. The molecule has 9 nitrogen and oxygen atoms in total. The molecule has 1 saturated heterocycles. The number of rotatable bonds is 8. The van der Waals surface area contributed by atoms with E-state index in [2.05, 4.69) is 56.4 Å². The molecule has 1 fully saturated rings. The van der Waals surface area contributed by atoms with Gasteiger partial charge in [0.1, 0.15) is 24.4 Å². The number of fused-ring (bicyclic) bond motifs is 1. The molecular formula is C28H36N7O2P. The maximum absolute atomic E-state index is 12.9. The lowest BCUT2D eigenvalue weighted by molar-refractivity contribution is 0.209. The maximum Gasteiger partial charge on any atom is 0.231 e. The van der Waals surface area contributed by atoms with Crippen LogP contribution in [0.15, 0.2) is 54.7 Å². The van der Waals surface area contributed by atoms with Crippen molar-refractivity contribution in [2.45, 2.75) is 19.9 Å². The van der Waals surface area contributed by atoms with Gasteiger partial charge in [-0.15, -0.1) is 0 Å². The number of aromatic nitrogens is 3. The molecule has 0 bridgehead atoms. The highest BCUT2D eigenvalue weighted by Crippen LogP contribution is 2.39. The zero-order chi connectivity index (χ0) is 26.9. The fourth-order valence-electron chi connectivity index (χ4n) is 4.87. The van der Waals surface area contributed by atoms with Gasteiger partial charge in [0.15, 0.2) is 0 Å². The molecule has 1 aliphatic heterocycles. The molecule has 4 aromatic rings. The number of benzene rings is 2. The summed E-state index contributed by atoms with van der Waals surface area (Å²) in [6.45, 7) is 12.1. The van der Waals surface area contributed by atoms with E-state index in [1.807, 2.05) is 42.6 Å². The van der Waals surface area contributed by atoms with Crippen LogP contribution in [0.4, 0.5) is 28.8 Å². The number of H-pyrrole nitrogens is 1. The Labute approximate surface area is 224 Å². The summed E-state index contributed by atoms with van der Waals surface area (Å²) in [5, 5.41) is 8.36. The highest BCUT2D eigenvalue weighted by Gasteiger charge is 2.21. The van der Waals surface area contributed by atoms with Crippen molar-refractivity contribution in [1.29, 1.82) is 0 Å². The SMILES string of the molecule is COc1cc(N2CCN(C(C)C)CC2)ccc1Nc1nc(Nc2ccccc2P(C)(C)=O)c2cc[nH]c2n1. The van der Waals surface area contributed by atoms with E-state index in [9.17, 15) is 4.57 Å². The minimum atomic E-state index is -2.49. The average Bonchev–Trinajstić information content (AvgIpc) is 3.38. The summed E-state index contributed by atoms with van der Waals surface area (Å²) < 4.78 is 18.6. The van der Waals surface area contributed by atoms with Gasteiger partial charge in [-0.25, -0.2) is 0 Å². The highest BCUT2D eigenvalue weighted by molar-refractivity contribution is 7.70. The first-order valence-corrected chi connectivity index (χ1v) is 15.5. The van der Waals surface area contributed by atoms with Gasteiger partial charge in [-0.2, -0.15) is 9.97 Å². The lowest BCUT2D eigenvalue weighted by Crippen LogP contribution is -2.48. The van der Waals surface area contributed by atoms with E-state index >= 15 is 0 Å². The topological polar surface area (TPSA) is 98.4 Å². The Balaban J connectivity index is 1.42. The maximum atomic E-state index is 12.9. The minimum absolute atomic E-state index is 0.424. The quantitative estimate of drug-likeness (QED) is 0.265. The first kappa shape index (κ1) is 26.1. The summed E-state index contributed by atoms with van der Waals surface area (Å²) >= 11 is 0. The molecular weight excluding hydrogens is 497 g/mol. The number of anilines is 5. The average molecular weight is 534 g/mol. The summed E-state index contributed by atoms with van der Waals surface area (Å²) in [6.07, 6.45) is 1.83. The molecule has 0 aliphatic carbocycles. The first-order valence-electron chi connectivity index (χ1n) is 12.9. The molecule has 0 radical (unpaired) electrons. The molecule has 0 unspecified atom stereocenters. The standard InChI is InChI=1S/C28H36N7O2P/c1-19(2)34-14-16-35(17-15-34)20-10-11-22(24(18-20)37-3)31-28-32-26-21(12-13-29-26)27(33-28)30-23-8-6-7-9-25(23)38(4,5)36/h6-13,18-19H,14-17H2,1-5H3,(H3,29,30,31,32,33). The summed E-state index contributed by atoms with van der Waals surface area (Å²) in [7, 11) is -0.819. The van der Waals surface area contributed by atoms with Crippen molar-refractivity contribution in [3.63, 3.8) is 0 Å². The third kappa shape index (κ3) is 5.49. The molecule has 0 spiro atoms. The summed E-state index contributed by atoms with van der Waals surface area (Å²) in [5.74, 6) is 1.77. The van der Waals surface area contributed by atoms with Crippen molar-refractivity contribution in [1.82, 2.24) is 19.9 Å². The zero-order valence-corrected chi connectivity index (χ0v) is 23.5. The van der Waals surface area contributed by atoms with Crippen LogP contribution in [0.5, 0.6) is 5.75 Å². The molecule has 2 aromatic heterocycles. The van der Waals surface area contributed by atoms with Crippen LogP contribution in [-0.4, -0.2) is 72.5 Å². The molecule has 1 aliphatic rings. The molecule has 0 saturated carbocycles. The lowest BCUT2D eigenvalue weighted by atomic mass is 10.2. The van der Waals surface area contributed by atoms with Gasteiger partial charge in [0.2, 0.25) is 5.95 Å². The second-order valence-electron chi connectivity index (χ2n) is 10.3. The van der Waals surface area contributed by atoms with Crippen LogP contribution in [0.25, 0.3) is 11.0 Å². The van der Waals surface area contributed by atoms with E-state index in [0.717, 1.165) is 59.7 Å². The Morgan fingerprint density at radius 1 is 0.974 bits per heavy atom. The van der Waals surface area contributed by atoms with Gasteiger partial charge < -0.3 is 29.8 Å². The number of methoxy groups -OCH3 is 1. The number of nitrogens with one attached hydrogen (secondary N) is 3. The van der Waals surface area contributed by atoms with Gasteiger partial charge in [-0.3, -0.25) is 4.90 Å². The predicted octanol–water partition coefficient (Wildman–Crippen LogP) is 5.23. The molecule has 3 N–H and O–H groups in total. The Morgan fingerprint density at radius 3 is 2.45 bits per heavy atom. The normalized spacial score (nSPS) is 14.7. The molecule has 0 amide bonds. The van der Waals surface area contributed by atoms with Crippen LogP contribution in [0.3, 0.4) is 0 Å². The monoisotopic (exact) mass is 533 g/mol. The van der Waals surface area contributed by atoms with Crippen LogP contribution in [0.1, 0.15) is 13.8 Å². The van der Waals surface area contributed by atoms with E-state index < -0.39 is 7.14 Å². The van der Waals surface area contributed by atoms with Crippen molar-refractivity contribution < 1.29 is 9.30 Å². The van der Waals surface area contributed by atoms with E-state index in [1.54, 1.807) is 20.4 Å². The summed E-state index contributed by atoms with van der Waals surface area (Å²) in [6, 6.07) is 16.3. The second kappa shape index (κ2) is 10.7. The zero-order valence-electron chi connectivity index (χ0n) is 22.7. The van der Waals surface area contributed by atoms with Crippen LogP contribution < -0.4 is 25.6 Å². The molecule has 200 valence electrons. The highest BCUT2D eigenvalue weighted by atomic mass is 31.2. The number of aromatic amines is 1. The van der Waals surface area contributed by atoms with Crippen molar-refractivity contribution >= 4 is 52.3 Å². The van der Waals surface area contributed by atoms with E-state index in [-0.39, 0.29) is 0 Å². The number of hydrogen-bond donors (Lipinski definition) is 3. The van der Waals surface area contributed by atoms with Crippen molar-refractivity contribution in [3.8, 4) is 5.75 Å². The fourth-order valence-corrected chi connectivity index (χ4v) is 6.02. The number of piperazine rings is 1. The van der Waals surface area contributed by atoms with Crippen LogP contribution in [0.2, 0.25) is 0 Å². The second-order valence-corrected chi connectivity index (χ2v) is 13.4. The molecule has 0 atom stereocenters. The Hall–Kier alpha value is -3.55. The van der Waals surface area contributed by atoms with Gasteiger partial charge in [0.05, 0.1) is 23.9 Å². The summed E-state index contributed by atoms with van der Waals surface area (Å²) in [4.78, 5) is 17.5. The van der Waals surface area contributed by atoms with Crippen molar-refractivity contribution in [2.24, 2.45) is 0 Å². The van der Waals surface area contributed by atoms with Gasteiger partial charge in [0, 0.05) is 55.5 Å². The summed E-state index contributed by atoms with van der Waals surface area (Å²) in [5.41, 5.74) is 3.38. The first-order chi connectivity index (χ1) is 18.2. The molecule has 5 rings (SSSR count). The van der Waals surface area contributed by atoms with E-state index in [4.69, 9.17) is 9.72 Å². The fraction of sp³-hybridized carbons (Fsp3) is 0.357. The Morgan fingerprint density at radius 2 is 1.74 bits per heavy atom. The molecule has 2 aromatic carbocycles. The number of hydrogen-bond acceptors (Lipinski definition) is 8. The minimum Gasteiger partial charge on any atom is -0.494 e. The third-order valence-corrected chi connectivity index (χ3v) is 8.54. The van der Waals surface area contributed by atoms with E-state index in [0.29, 0.717) is 23.5 Å². The predicted molar refractivity (Wildman–Crippen MR) is 158 cm³/mol. The molecule has 10 heteroatoms. The van der Waals surface area contributed by atoms with E-state index in [1.165, 1.54) is 0 Å². The Bertz CT molecular complexity index is 1470.